The van der Waals surface area contributed by atoms with E-state index >= 15 is 0 Å². The highest BCUT2D eigenvalue weighted by molar-refractivity contribution is 7.91. The predicted molar refractivity (Wildman–Crippen MR) is 88.7 cm³/mol. The normalized spacial score (nSPS) is 18.2. The summed E-state index contributed by atoms with van der Waals surface area (Å²) < 4.78 is 27.8. The van der Waals surface area contributed by atoms with Gasteiger partial charge in [-0.3, -0.25) is 9.69 Å². The second kappa shape index (κ2) is 11.0. The van der Waals surface area contributed by atoms with Gasteiger partial charge in [-0.2, -0.15) is 0 Å². The molecule has 0 aromatic heterocycles. The molecule has 1 saturated heterocycles. The molecule has 0 atom stereocenters. The lowest BCUT2D eigenvalue weighted by Crippen LogP contribution is -2.41. The van der Waals surface area contributed by atoms with E-state index in [2.05, 4.69) is 6.92 Å². The van der Waals surface area contributed by atoms with E-state index in [1.807, 2.05) is 4.90 Å². The molecule has 0 bridgehead atoms. The second-order valence-electron chi connectivity index (χ2n) is 6.09. The standard InChI is InChI=1S/C16H31NO4S/c1-2-3-4-5-6-7-8-9-16(18)21-13-10-17-11-14-22(19,20)15-12-17/h2-15H2,1H3. The first-order chi connectivity index (χ1) is 10.5. The van der Waals surface area contributed by atoms with Crippen LogP contribution >= 0.6 is 0 Å². The average Bonchev–Trinajstić information content (AvgIpc) is 2.48. The molecule has 0 amide bonds. The zero-order chi connectivity index (χ0) is 16.3. The number of hydrogen-bond acceptors (Lipinski definition) is 5. The number of unbranched alkanes of at least 4 members (excludes halogenated alkanes) is 6. The molecule has 1 heterocycles. The lowest BCUT2D eigenvalue weighted by Gasteiger charge is -2.26. The Labute approximate surface area is 135 Å². The molecule has 6 heteroatoms. The van der Waals surface area contributed by atoms with E-state index in [-0.39, 0.29) is 17.5 Å². The molecule has 5 nitrogen and oxygen atoms in total. The molecule has 1 fully saturated rings. The van der Waals surface area contributed by atoms with Crippen molar-refractivity contribution < 1.29 is 17.9 Å². The molecule has 0 aromatic carbocycles. The van der Waals surface area contributed by atoms with Gasteiger partial charge in [0.05, 0.1) is 11.5 Å². The number of hydrogen-bond donors (Lipinski definition) is 0. The number of carbonyl (C=O) groups excluding carboxylic acids is 1. The van der Waals surface area contributed by atoms with Gasteiger partial charge in [-0.05, 0) is 6.42 Å². The van der Waals surface area contributed by atoms with E-state index in [0.29, 0.717) is 32.7 Å². The molecule has 0 unspecified atom stereocenters. The summed E-state index contributed by atoms with van der Waals surface area (Å²) in [7, 11) is -2.83. The minimum absolute atomic E-state index is 0.127. The van der Waals surface area contributed by atoms with E-state index in [4.69, 9.17) is 4.74 Å². The summed E-state index contributed by atoms with van der Waals surface area (Å²) >= 11 is 0. The Morgan fingerprint density at radius 1 is 1.00 bits per heavy atom. The van der Waals surface area contributed by atoms with Gasteiger partial charge >= 0.3 is 5.97 Å². The van der Waals surface area contributed by atoms with E-state index in [1.54, 1.807) is 0 Å². The van der Waals surface area contributed by atoms with Gasteiger partial charge in [0.1, 0.15) is 6.61 Å². The number of esters is 1. The van der Waals surface area contributed by atoms with Crippen molar-refractivity contribution in [3.63, 3.8) is 0 Å². The van der Waals surface area contributed by atoms with Crippen LogP contribution in [0.5, 0.6) is 0 Å². The highest BCUT2D eigenvalue weighted by Gasteiger charge is 2.21. The Balaban J connectivity index is 1.93. The molecule has 0 aromatic rings. The average molecular weight is 333 g/mol. The molecule has 0 radical (unpaired) electrons. The van der Waals surface area contributed by atoms with Gasteiger partial charge in [0, 0.05) is 26.1 Å². The fourth-order valence-corrected chi connectivity index (χ4v) is 3.84. The Morgan fingerprint density at radius 3 is 2.23 bits per heavy atom. The van der Waals surface area contributed by atoms with Gasteiger partial charge in [0.15, 0.2) is 9.84 Å². The maximum atomic E-state index is 11.6. The first-order valence-corrected chi connectivity index (χ1v) is 10.4. The summed E-state index contributed by atoms with van der Waals surface area (Å²) in [6, 6.07) is 0. The highest BCUT2D eigenvalue weighted by atomic mass is 32.2. The zero-order valence-corrected chi connectivity index (χ0v) is 14.7. The molecule has 0 spiro atoms. The Kier molecular flexibility index (Phi) is 9.71. The van der Waals surface area contributed by atoms with Gasteiger partial charge in [-0.15, -0.1) is 0 Å². The first kappa shape index (κ1) is 19.4. The van der Waals surface area contributed by atoms with Crippen molar-refractivity contribution in [2.75, 3.05) is 37.7 Å². The maximum absolute atomic E-state index is 11.6. The topological polar surface area (TPSA) is 63.7 Å². The SMILES string of the molecule is CCCCCCCCCC(=O)OCCN1CCS(=O)(=O)CC1. The number of carbonyl (C=O) groups is 1. The Bertz CT molecular complexity index is 394. The first-order valence-electron chi connectivity index (χ1n) is 8.62. The third-order valence-electron chi connectivity index (χ3n) is 4.09. The smallest absolute Gasteiger partial charge is 0.305 e. The van der Waals surface area contributed by atoms with Crippen LogP contribution < -0.4 is 0 Å². The summed E-state index contributed by atoms with van der Waals surface area (Å²) in [4.78, 5) is 13.6. The van der Waals surface area contributed by atoms with E-state index in [0.717, 1.165) is 12.8 Å². The fourth-order valence-electron chi connectivity index (χ4n) is 2.56. The van der Waals surface area contributed by atoms with E-state index in [1.165, 1.54) is 32.1 Å². The summed E-state index contributed by atoms with van der Waals surface area (Å²) in [5.41, 5.74) is 0. The molecule has 1 aliphatic rings. The highest BCUT2D eigenvalue weighted by Crippen LogP contribution is 2.09. The van der Waals surface area contributed by atoms with Gasteiger partial charge < -0.3 is 4.74 Å². The quantitative estimate of drug-likeness (QED) is 0.429. The number of nitrogens with zero attached hydrogens (tertiary/aromatic N) is 1. The monoisotopic (exact) mass is 333 g/mol. The minimum atomic E-state index is -2.83. The van der Waals surface area contributed by atoms with Crippen LogP contribution in [0, 0.1) is 0 Å². The molecular formula is C16H31NO4S. The number of ether oxygens (including phenoxy) is 1. The number of sulfone groups is 1. The lowest BCUT2D eigenvalue weighted by atomic mass is 10.1. The molecule has 130 valence electrons. The predicted octanol–water partition coefficient (Wildman–Crippen LogP) is 2.40. The van der Waals surface area contributed by atoms with Crippen LogP contribution in [0.25, 0.3) is 0 Å². The van der Waals surface area contributed by atoms with Crippen molar-refractivity contribution in [1.29, 1.82) is 0 Å². The summed E-state index contributed by atoms with van der Waals surface area (Å²) in [5, 5.41) is 0. The lowest BCUT2D eigenvalue weighted by molar-refractivity contribution is -0.144. The summed E-state index contributed by atoms with van der Waals surface area (Å²) in [6.07, 6.45) is 8.84. The molecule has 1 aliphatic heterocycles. The summed E-state index contributed by atoms with van der Waals surface area (Å²) in [6.45, 7) is 4.32. The Hall–Kier alpha value is -0.620. The third kappa shape index (κ3) is 9.41. The van der Waals surface area contributed by atoms with Gasteiger partial charge in [-0.25, -0.2) is 8.42 Å². The van der Waals surface area contributed by atoms with Crippen molar-refractivity contribution in [3.8, 4) is 0 Å². The van der Waals surface area contributed by atoms with Crippen molar-refractivity contribution >= 4 is 15.8 Å². The molecule has 0 aliphatic carbocycles. The van der Waals surface area contributed by atoms with Gasteiger partial charge in [0.25, 0.3) is 0 Å². The molecule has 0 N–H and O–H groups in total. The minimum Gasteiger partial charge on any atom is -0.464 e. The van der Waals surface area contributed by atoms with Gasteiger partial charge in [0.2, 0.25) is 0 Å². The van der Waals surface area contributed by atoms with Crippen molar-refractivity contribution in [2.24, 2.45) is 0 Å². The maximum Gasteiger partial charge on any atom is 0.305 e. The van der Waals surface area contributed by atoms with Crippen molar-refractivity contribution in [1.82, 2.24) is 4.90 Å². The zero-order valence-electron chi connectivity index (χ0n) is 13.9. The van der Waals surface area contributed by atoms with Crippen LogP contribution in [0.4, 0.5) is 0 Å². The van der Waals surface area contributed by atoms with Gasteiger partial charge in [-0.1, -0.05) is 45.4 Å². The van der Waals surface area contributed by atoms with Crippen LogP contribution in [-0.4, -0.2) is 57.0 Å². The van der Waals surface area contributed by atoms with Crippen LogP contribution in [0.2, 0.25) is 0 Å². The van der Waals surface area contributed by atoms with E-state index in [9.17, 15) is 13.2 Å². The molecular weight excluding hydrogens is 302 g/mol. The van der Waals surface area contributed by atoms with Crippen molar-refractivity contribution in [2.45, 2.75) is 58.3 Å². The molecule has 1 rings (SSSR count). The largest absolute Gasteiger partial charge is 0.464 e. The summed E-state index contributed by atoms with van der Waals surface area (Å²) in [5.74, 6) is 0.316. The van der Waals surface area contributed by atoms with Crippen LogP contribution in [0.1, 0.15) is 58.3 Å². The van der Waals surface area contributed by atoms with Crippen LogP contribution in [0.15, 0.2) is 0 Å². The van der Waals surface area contributed by atoms with Crippen LogP contribution in [-0.2, 0) is 19.4 Å². The molecule has 22 heavy (non-hydrogen) atoms. The number of rotatable bonds is 11. The second-order valence-corrected chi connectivity index (χ2v) is 8.39. The molecule has 0 saturated carbocycles. The van der Waals surface area contributed by atoms with E-state index < -0.39 is 9.84 Å². The Morgan fingerprint density at radius 2 is 1.59 bits per heavy atom. The van der Waals surface area contributed by atoms with Crippen molar-refractivity contribution in [3.05, 3.63) is 0 Å². The van der Waals surface area contributed by atoms with Crippen LogP contribution in [0.3, 0.4) is 0 Å². The third-order valence-corrected chi connectivity index (χ3v) is 5.70. The fraction of sp³-hybridized carbons (Fsp3) is 0.938.